The molecule has 0 aromatic heterocycles. The highest BCUT2D eigenvalue weighted by molar-refractivity contribution is 5.95. The Morgan fingerprint density at radius 2 is 1.67 bits per heavy atom. The number of aliphatic hydroxyl groups is 1. The number of rotatable bonds is 11. The summed E-state index contributed by atoms with van der Waals surface area (Å²) < 4.78 is 0. The van der Waals surface area contributed by atoms with Gasteiger partial charge in [0.25, 0.3) is 0 Å². The summed E-state index contributed by atoms with van der Waals surface area (Å²) in [6.07, 6.45) is -0.778. The van der Waals surface area contributed by atoms with Crippen molar-refractivity contribution in [1.82, 2.24) is 15.5 Å². The molecule has 4 unspecified atom stereocenters. The van der Waals surface area contributed by atoms with Crippen molar-refractivity contribution < 1.29 is 44.1 Å². The van der Waals surface area contributed by atoms with Crippen LogP contribution in [-0.4, -0.2) is 93.1 Å². The molecule has 0 radical (unpaired) electrons. The van der Waals surface area contributed by atoms with E-state index in [0.29, 0.717) is 6.42 Å². The van der Waals surface area contributed by atoms with E-state index in [2.05, 4.69) is 10.6 Å². The molecule has 4 amide bonds. The number of aliphatic hydroxyl groups excluding tert-OH is 1. The Balaban J connectivity index is 2.84. The highest BCUT2D eigenvalue weighted by atomic mass is 16.4. The molecule has 1 aliphatic rings. The van der Waals surface area contributed by atoms with Crippen LogP contribution < -0.4 is 22.1 Å². The first-order valence-electron chi connectivity index (χ1n) is 8.98. The fourth-order valence-corrected chi connectivity index (χ4v) is 2.92. The van der Waals surface area contributed by atoms with Gasteiger partial charge in [0.2, 0.25) is 23.6 Å². The van der Waals surface area contributed by atoms with E-state index in [1.54, 1.807) is 0 Å². The largest absolute Gasteiger partial charge is 0.481 e. The maximum Gasteiger partial charge on any atom is 0.326 e. The van der Waals surface area contributed by atoms with Gasteiger partial charge in [-0.3, -0.25) is 24.0 Å². The van der Waals surface area contributed by atoms with E-state index in [1.165, 1.54) is 0 Å². The third-order valence-electron chi connectivity index (χ3n) is 4.39. The van der Waals surface area contributed by atoms with Gasteiger partial charge >= 0.3 is 11.9 Å². The van der Waals surface area contributed by atoms with E-state index >= 15 is 0 Å². The van der Waals surface area contributed by atoms with Crippen molar-refractivity contribution >= 4 is 35.6 Å². The van der Waals surface area contributed by atoms with Crippen molar-refractivity contribution in [1.29, 1.82) is 0 Å². The molecule has 30 heavy (non-hydrogen) atoms. The molecule has 1 rings (SSSR count). The van der Waals surface area contributed by atoms with Crippen LogP contribution in [0.4, 0.5) is 0 Å². The first-order chi connectivity index (χ1) is 14.0. The summed E-state index contributed by atoms with van der Waals surface area (Å²) in [5.74, 6) is -6.42. The number of carbonyl (C=O) groups excluding carboxylic acids is 4. The summed E-state index contributed by atoms with van der Waals surface area (Å²) in [5, 5.41) is 31.5. The van der Waals surface area contributed by atoms with Gasteiger partial charge in [-0.05, 0) is 12.8 Å². The van der Waals surface area contributed by atoms with Gasteiger partial charge < -0.3 is 42.3 Å². The average molecular weight is 431 g/mol. The van der Waals surface area contributed by atoms with Gasteiger partial charge in [0.1, 0.15) is 18.1 Å². The zero-order valence-electron chi connectivity index (χ0n) is 15.9. The van der Waals surface area contributed by atoms with Crippen molar-refractivity contribution in [2.24, 2.45) is 11.5 Å². The Bertz CT molecular complexity index is 713. The normalized spacial score (nSPS) is 18.7. The Hall–Kier alpha value is -3.26. The number of likely N-dealkylation sites (tertiary alicyclic amines) is 1. The number of hydrogen-bond donors (Lipinski definition) is 7. The smallest absolute Gasteiger partial charge is 0.326 e. The number of nitrogens with zero attached hydrogens (tertiary/aromatic N) is 1. The predicted octanol–water partition coefficient (Wildman–Crippen LogP) is -4.30. The highest BCUT2D eigenvalue weighted by Crippen LogP contribution is 2.19. The monoisotopic (exact) mass is 431 g/mol. The van der Waals surface area contributed by atoms with Crippen LogP contribution in [0.3, 0.4) is 0 Å². The summed E-state index contributed by atoms with van der Waals surface area (Å²) >= 11 is 0. The summed E-state index contributed by atoms with van der Waals surface area (Å²) in [5.41, 5.74) is 10.4. The molecule has 0 saturated carbocycles. The van der Waals surface area contributed by atoms with Gasteiger partial charge in [-0.25, -0.2) is 4.79 Å². The molecule has 1 fully saturated rings. The SMILES string of the molecule is NC(=O)CC(N)C(=O)NC(CO)C(=O)N1CCCC1C(=O)NC(CC(=O)O)C(=O)O. The highest BCUT2D eigenvalue weighted by Gasteiger charge is 2.39. The maximum atomic E-state index is 12.7. The van der Waals surface area contributed by atoms with Gasteiger partial charge in [-0.2, -0.15) is 0 Å². The minimum atomic E-state index is -1.69. The van der Waals surface area contributed by atoms with Crippen molar-refractivity contribution in [3.63, 3.8) is 0 Å². The Morgan fingerprint density at radius 3 is 2.17 bits per heavy atom. The third-order valence-corrected chi connectivity index (χ3v) is 4.39. The minimum Gasteiger partial charge on any atom is -0.481 e. The van der Waals surface area contributed by atoms with E-state index in [4.69, 9.17) is 21.7 Å². The fraction of sp³-hybridized carbons (Fsp3) is 0.625. The second-order valence-corrected chi connectivity index (χ2v) is 6.71. The Kier molecular flexibility index (Phi) is 9.14. The predicted molar refractivity (Wildman–Crippen MR) is 97.4 cm³/mol. The molecule has 0 aliphatic carbocycles. The number of carboxylic acid groups (broad SMARTS) is 2. The first-order valence-corrected chi connectivity index (χ1v) is 8.98. The number of hydrogen-bond acceptors (Lipinski definition) is 8. The lowest BCUT2D eigenvalue weighted by atomic mass is 10.1. The Labute approximate surface area is 170 Å². The molecular formula is C16H25N5O9. The number of amides is 4. The Morgan fingerprint density at radius 1 is 1.03 bits per heavy atom. The fourth-order valence-electron chi connectivity index (χ4n) is 2.92. The maximum absolute atomic E-state index is 12.7. The number of carbonyl (C=O) groups is 6. The van der Waals surface area contributed by atoms with E-state index in [0.717, 1.165) is 4.90 Å². The van der Waals surface area contributed by atoms with E-state index < -0.39 is 79.2 Å². The molecule has 0 aromatic carbocycles. The van der Waals surface area contributed by atoms with Gasteiger partial charge in [0.15, 0.2) is 0 Å². The summed E-state index contributed by atoms with van der Waals surface area (Å²) in [6, 6.07) is -5.60. The van der Waals surface area contributed by atoms with Crippen LogP contribution in [0.15, 0.2) is 0 Å². The van der Waals surface area contributed by atoms with Gasteiger partial charge in [-0.1, -0.05) is 0 Å². The molecule has 168 valence electrons. The molecule has 0 spiro atoms. The minimum absolute atomic E-state index is 0.0906. The van der Waals surface area contributed by atoms with Crippen LogP contribution in [0.5, 0.6) is 0 Å². The molecule has 9 N–H and O–H groups in total. The summed E-state index contributed by atoms with van der Waals surface area (Å²) in [4.78, 5) is 70.9. The van der Waals surface area contributed by atoms with Crippen LogP contribution in [0.2, 0.25) is 0 Å². The number of nitrogens with one attached hydrogen (secondary N) is 2. The van der Waals surface area contributed by atoms with Crippen molar-refractivity contribution in [2.45, 2.75) is 49.9 Å². The zero-order valence-corrected chi connectivity index (χ0v) is 15.9. The molecule has 14 nitrogen and oxygen atoms in total. The van der Waals surface area contributed by atoms with Crippen LogP contribution in [-0.2, 0) is 28.8 Å². The molecule has 1 heterocycles. The summed E-state index contributed by atoms with van der Waals surface area (Å²) in [6.45, 7) is -0.733. The topological polar surface area (TPSA) is 242 Å². The number of nitrogens with two attached hydrogens (primary N) is 2. The van der Waals surface area contributed by atoms with Gasteiger partial charge in [-0.15, -0.1) is 0 Å². The lowest BCUT2D eigenvalue weighted by Gasteiger charge is -2.29. The van der Waals surface area contributed by atoms with Crippen LogP contribution in [0.25, 0.3) is 0 Å². The quantitative estimate of drug-likeness (QED) is 0.166. The van der Waals surface area contributed by atoms with Crippen molar-refractivity contribution in [3.8, 4) is 0 Å². The van der Waals surface area contributed by atoms with Crippen molar-refractivity contribution in [2.75, 3.05) is 13.2 Å². The lowest BCUT2D eigenvalue weighted by Crippen LogP contribution is -2.58. The molecule has 4 atom stereocenters. The number of aliphatic carboxylic acids is 2. The zero-order chi connectivity index (χ0) is 23.0. The second-order valence-electron chi connectivity index (χ2n) is 6.71. The molecule has 1 aliphatic heterocycles. The van der Waals surface area contributed by atoms with Crippen molar-refractivity contribution in [3.05, 3.63) is 0 Å². The van der Waals surface area contributed by atoms with E-state index in [-0.39, 0.29) is 13.0 Å². The van der Waals surface area contributed by atoms with Gasteiger partial charge in [0, 0.05) is 6.54 Å². The third kappa shape index (κ3) is 6.97. The standard InChI is InChI=1S/C16H25N5O9/c17-7(4-11(18)23)13(26)20-9(6-22)15(28)21-3-1-2-10(21)14(27)19-8(16(29)30)5-12(24)25/h7-10,22H,1-6,17H2,(H2,18,23)(H,19,27)(H,20,26)(H,24,25)(H,29,30). The molecule has 1 saturated heterocycles. The van der Waals surface area contributed by atoms with E-state index in [9.17, 15) is 33.9 Å². The lowest BCUT2D eigenvalue weighted by molar-refractivity contribution is -0.148. The first kappa shape index (κ1) is 24.8. The molecular weight excluding hydrogens is 406 g/mol. The number of primary amides is 1. The van der Waals surface area contributed by atoms with E-state index in [1.807, 2.05) is 0 Å². The van der Waals surface area contributed by atoms with Gasteiger partial charge in [0.05, 0.1) is 25.5 Å². The van der Waals surface area contributed by atoms with Crippen LogP contribution in [0.1, 0.15) is 25.7 Å². The van der Waals surface area contributed by atoms with Crippen LogP contribution in [0, 0.1) is 0 Å². The molecule has 0 aromatic rings. The molecule has 14 heteroatoms. The average Bonchev–Trinajstić information content (AvgIpc) is 3.13. The summed E-state index contributed by atoms with van der Waals surface area (Å²) in [7, 11) is 0. The van der Waals surface area contributed by atoms with Crippen LogP contribution >= 0.6 is 0 Å². The number of carboxylic acids is 2. The second kappa shape index (κ2) is 11.1. The molecule has 0 bridgehead atoms.